The minimum Gasteiger partial charge on any atom is -0.493 e. The van der Waals surface area contributed by atoms with Gasteiger partial charge in [0.1, 0.15) is 0 Å². The van der Waals surface area contributed by atoms with Crippen molar-refractivity contribution in [2.45, 2.75) is 0 Å². The molecule has 0 aromatic heterocycles. The normalized spacial score (nSPS) is 10.2. The molecule has 2 rings (SSSR count). The molecule has 0 heterocycles. The average Bonchev–Trinajstić information content (AvgIpc) is 2.53. The Morgan fingerprint density at radius 2 is 1.59 bits per heavy atom. The molecule has 1 N–H and O–H groups in total. The maximum Gasteiger partial charge on any atom is 0.336 e. The molecule has 116 valence electrons. The molecule has 0 spiro atoms. The minimum atomic E-state index is -1.07. The first-order valence-electron chi connectivity index (χ1n) is 6.35. The first-order valence-corrected chi connectivity index (χ1v) is 6.73. The van der Waals surface area contributed by atoms with Gasteiger partial charge in [0.15, 0.2) is 11.5 Å². The molecule has 6 heteroatoms. The largest absolute Gasteiger partial charge is 0.493 e. The molecule has 5 nitrogen and oxygen atoms in total. The first kappa shape index (κ1) is 16.0. The van der Waals surface area contributed by atoms with Crippen LogP contribution in [0.15, 0.2) is 30.3 Å². The van der Waals surface area contributed by atoms with Gasteiger partial charge in [0.2, 0.25) is 5.75 Å². The highest BCUT2D eigenvalue weighted by Crippen LogP contribution is 2.45. The lowest BCUT2D eigenvalue weighted by atomic mass is 9.98. The predicted molar refractivity (Wildman–Crippen MR) is 83.5 cm³/mol. The molecule has 0 fully saturated rings. The van der Waals surface area contributed by atoms with Gasteiger partial charge in [-0.05, 0) is 24.3 Å². The van der Waals surface area contributed by atoms with E-state index >= 15 is 0 Å². The third-order valence-corrected chi connectivity index (χ3v) is 3.44. The minimum absolute atomic E-state index is 0.0815. The number of methoxy groups -OCH3 is 3. The van der Waals surface area contributed by atoms with Crippen molar-refractivity contribution in [2.75, 3.05) is 21.3 Å². The number of hydrogen-bond acceptors (Lipinski definition) is 4. The van der Waals surface area contributed by atoms with Crippen LogP contribution in [0.2, 0.25) is 5.02 Å². The molecule has 0 bridgehead atoms. The third kappa shape index (κ3) is 2.80. The third-order valence-electron chi connectivity index (χ3n) is 3.21. The summed E-state index contributed by atoms with van der Waals surface area (Å²) in [6.45, 7) is 0. The van der Waals surface area contributed by atoms with Crippen LogP contribution < -0.4 is 14.2 Å². The summed E-state index contributed by atoms with van der Waals surface area (Å²) in [6, 6.07) is 8.07. The van der Waals surface area contributed by atoms with E-state index in [4.69, 9.17) is 25.8 Å². The monoisotopic (exact) mass is 322 g/mol. The Balaban J connectivity index is 2.75. The number of rotatable bonds is 5. The number of aromatic carboxylic acids is 1. The molecule has 0 atom stereocenters. The van der Waals surface area contributed by atoms with Gasteiger partial charge in [-0.2, -0.15) is 0 Å². The van der Waals surface area contributed by atoms with E-state index in [1.165, 1.54) is 27.4 Å². The number of benzene rings is 2. The van der Waals surface area contributed by atoms with E-state index in [1.807, 2.05) is 0 Å². The number of ether oxygens (including phenoxy) is 3. The maximum absolute atomic E-state index is 11.5. The second-order valence-corrected chi connectivity index (χ2v) is 4.81. The molecular weight excluding hydrogens is 308 g/mol. The summed E-state index contributed by atoms with van der Waals surface area (Å²) < 4.78 is 15.9. The molecule has 2 aromatic carbocycles. The molecule has 0 saturated heterocycles. The zero-order valence-corrected chi connectivity index (χ0v) is 13.1. The van der Waals surface area contributed by atoms with Gasteiger partial charge in [0, 0.05) is 16.1 Å². The smallest absolute Gasteiger partial charge is 0.336 e. The molecule has 2 aromatic rings. The van der Waals surface area contributed by atoms with E-state index in [1.54, 1.807) is 24.3 Å². The maximum atomic E-state index is 11.5. The van der Waals surface area contributed by atoms with Crippen LogP contribution in [0.1, 0.15) is 10.4 Å². The summed E-state index contributed by atoms with van der Waals surface area (Å²) in [6.07, 6.45) is 0. The number of carboxylic acid groups (broad SMARTS) is 1. The van der Waals surface area contributed by atoms with Gasteiger partial charge in [-0.3, -0.25) is 0 Å². The van der Waals surface area contributed by atoms with Crippen molar-refractivity contribution in [2.24, 2.45) is 0 Å². The van der Waals surface area contributed by atoms with Gasteiger partial charge in [-0.15, -0.1) is 0 Å². The summed E-state index contributed by atoms with van der Waals surface area (Å²) >= 11 is 5.89. The topological polar surface area (TPSA) is 65.0 Å². The van der Waals surface area contributed by atoms with Crippen LogP contribution >= 0.6 is 11.6 Å². The summed E-state index contributed by atoms with van der Waals surface area (Å²) in [5.74, 6) is 0.212. The molecule has 0 unspecified atom stereocenters. The fourth-order valence-corrected chi connectivity index (χ4v) is 2.41. The van der Waals surface area contributed by atoms with Crippen molar-refractivity contribution in [3.05, 3.63) is 40.9 Å². The average molecular weight is 323 g/mol. The van der Waals surface area contributed by atoms with Crippen molar-refractivity contribution >= 4 is 17.6 Å². The Morgan fingerprint density at radius 3 is 2.14 bits per heavy atom. The van der Waals surface area contributed by atoms with Crippen LogP contribution in [0, 0.1) is 0 Å². The Hall–Kier alpha value is -2.40. The SMILES string of the molecule is COc1ccc(-c2ccc(Cl)cc2C(=O)O)c(OC)c1OC. The van der Waals surface area contributed by atoms with Crippen molar-refractivity contribution in [1.29, 1.82) is 0 Å². The molecule has 0 radical (unpaired) electrons. The summed E-state index contributed by atoms with van der Waals surface area (Å²) in [4.78, 5) is 11.5. The Morgan fingerprint density at radius 1 is 0.955 bits per heavy atom. The number of halogens is 1. The Labute approximate surface area is 133 Å². The van der Waals surface area contributed by atoms with Gasteiger partial charge in [-0.25, -0.2) is 4.79 Å². The van der Waals surface area contributed by atoms with Gasteiger partial charge in [-0.1, -0.05) is 17.7 Å². The number of hydrogen-bond donors (Lipinski definition) is 1. The molecule has 0 amide bonds. The standard InChI is InChI=1S/C16H15ClO5/c1-20-13-7-6-11(14(21-2)15(13)22-3)10-5-4-9(17)8-12(10)16(18)19/h4-8H,1-3H3,(H,18,19). The lowest BCUT2D eigenvalue weighted by Crippen LogP contribution is -2.02. The zero-order chi connectivity index (χ0) is 16.3. The molecule has 0 saturated carbocycles. The zero-order valence-electron chi connectivity index (χ0n) is 12.3. The molecule has 0 aliphatic rings. The Bertz CT molecular complexity index is 712. The summed E-state index contributed by atoms with van der Waals surface area (Å²) in [7, 11) is 4.49. The van der Waals surface area contributed by atoms with E-state index in [2.05, 4.69) is 0 Å². The molecule has 0 aliphatic heterocycles. The van der Waals surface area contributed by atoms with E-state index in [0.29, 0.717) is 33.4 Å². The summed E-state index contributed by atoms with van der Waals surface area (Å²) in [5, 5.41) is 9.73. The van der Waals surface area contributed by atoms with Gasteiger partial charge < -0.3 is 19.3 Å². The van der Waals surface area contributed by atoms with Crippen molar-refractivity contribution in [3.63, 3.8) is 0 Å². The summed E-state index contributed by atoms with van der Waals surface area (Å²) in [5.41, 5.74) is 1.14. The highest BCUT2D eigenvalue weighted by Gasteiger charge is 2.21. The van der Waals surface area contributed by atoms with Crippen LogP contribution in [0.4, 0.5) is 0 Å². The first-order chi connectivity index (χ1) is 10.5. The number of carboxylic acids is 1. The van der Waals surface area contributed by atoms with Crippen molar-refractivity contribution in [1.82, 2.24) is 0 Å². The second-order valence-electron chi connectivity index (χ2n) is 4.38. The van der Waals surface area contributed by atoms with Crippen molar-refractivity contribution in [3.8, 4) is 28.4 Å². The Kier molecular flexibility index (Phi) is 4.78. The lowest BCUT2D eigenvalue weighted by Gasteiger charge is -2.17. The van der Waals surface area contributed by atoms with Gasteiger partial charge in [0.05, 0.1) is 26.9 Å². The lowest BCUT2D eigenvalue weighted by molar-refractivity contribution is 0.0697. The number of carbonyl (C=O) groups is 1. The van der Waals surface area contributed by atoms with E-state index < -0.39 is 5.97 Å². The van der Waals surface area contributed by atoms with Crippen LogP contribution in [0.5, 0.6) is 17.2 Å². The fraction of sp³-hybridized carbons (Fsp3) is 0.188. The quantitative estimate of drug-likeness (QED) is 0.908. The van der Waals surface area contributed by atoms with E-state index in [-0.39, 0.29) is 5.56 Å². The van der Waals surface area contributed by atoms with Gasteiger partial charge >= 0.3 is 5.97 Å². The van der Waals surface area contributed by atoms with Crippen LogP contribution in [-0.2, 0) is 0 Å². The second kappa shape index (κ2) is 6.58. The molecule has 0 aliphatic carbocycles. The fourth-order valence-electron chi connectivity index (χ4n) is 2.24. The van der Waals surface area contributed by atoms with Gasteiger partial charge in [0.25, 0.3) is 0 Å². The van der Waals surface area contributed by atoms with Crippen LogP contribution in [-0.4, -0.2) is 32.4 Å². The van der Waals surface area contributed by atoms with E-state index in [0.717, 1.165) is 0 Å². The molecular formula is C16H15ClO5. The van der Waals surface area contributed by atoms with Crippen LogP contribution in [0.3, 0.4) is 0 Å². The predicted octanol–water partition coefficient (Wildman–Crippen LogP) is 3.73. The van der Waals surface area contributed by atoms with E-state index in [9.17, 15) is 9.90 Å². The molecule has 22 heavy (non-hydrogen) atoms. The highest BCUT2D eigenvalue weighted by atomic mass is 35.5. The van der Waals surface area contributed by atoms with Crippen molar-refractivity contribution < 1.29 is 24.1 Å². The highest BCUT2D eigenvalue weighted by molar-refractivity contribution is 6.31. The van der Waals surface area contributed by atoms with Crippen LogP contribution in [0.25, 0.3) is 11.1 Å².